The number of hydrogen-bond donors (Lipinski definition) is 0. The molecule has 0 saturated carbocycles. The maximum Gasteiger partial charge on any atom is 0.258 e. The van der Waals surface area contributed by atoms with Crippen LogP contribution in [0, 0.1) is 0 Å². The predicted molar refractivity (Wildman–Crippen MR) is 112 cm³/mol. The summed E-state index contributed by atoms with van der Waals surface area (Å²) in [5.41, 5.74) is 3.84. The number of rotatable bonds is 4. The Morgan fingerprint density at radius 3 is 2.70 bits per heavy atom. The standard InChI is InChI=1S/C21H24ClN3OS/c1-14(2)27-24-7-5-15(6-8-24)16-10-19(12-23-11-16)25-13-17-9-18(22)3-4-20(17)21(25)26/h3-4,9-12,14-15H,5-8,13H2,1-2H3. The lowest BCUT2D eigenvalue weighted by Crippen LogP contribution is -2.29. The van der Waals surface area contributed by atoms with Gasteiger partial charge in [0.25, 0.3) is 5.91 Å². The van der Waals surface area contributed by atoms with Crippen molar-refractivity contribution in [3.05, 3.63) is 58.4 Å². The van der Waals surface area contributed by atoms with E-state index in [0.29, 0.717) is 22.7 Å². The van der Waals surface area contributed by atoms with Gasteiger partial charge in [0.1, 0.15) is 0 Å². The van der Waals surface area contributed by atoms with Gasteiger partial charge in [-0.2, -0.15) is 0 Å². The average molecular weight is 402 g/mol. The van der Waals surface area contributed by atoms with Gasteiger partial charge in [-0.1, -0.05) is 37.4 Å². The molecule has 6 heteroatoms. The number of amides is 1. The molecule has 0 bridgehead atoms. The summed E-state index contributed by atoms with van der Waals surface area (Å²) in [6.07, 6.45) is 6.02. The first kappa shape index (κ1) is 18.8. The number of anilines is 1. The second kappa shape index (κ2) is 7.82. The highest BCUT2D eigenvalue weighted by Crippen LogP contribution is 2.35. The molecule has 2 aromatic rings. The first-order valence-corrected chi connectivity index (χ1v) is 10.7. The third-order valence-corrected chi connectivity index (χ3v) is 6.53. The molecule has 4 rings (SSSR count). The summed E-state index contributed by atoms with van der Waals surface area (Å²) in [4.78, 5) is 19.0. The molecule has 0 radical (unpaired) electrons. The zero-order valence-corrected chi connectivity index (χ0v) is 17.3. The minimum atomic E-state index is 0.0313. The van der Waals surface area contributed by atoms with Crippen molar-refractivity contribution in [2.45, 2.75) is 44.4 Å². The molecule has 27 heavy (non-hydrogen) atoms. The molecular weight excluding hydrogens is 378 g/mol. The molecule has 3 heterocycles. The van der Waals surface area contributed by atoms with E-state index in [0.717, 1.165) is 42.7 Å². The van der Waals surface area contributed by atoms with Crippen LogP contribution >= 0.6 is 23.5 Å². The Labute approximate surface area is 170 Å². The summed E-state index contributed by atoms with van der Waals surface area (Å²) in [7, 11) is 0. The highest BCUT2D eigenvalue weighted by Gasteiger charge is 2.29. The molecule has 142 valence electrons. The van der Waals surface area contributed by atoms with Crippen molar-refractivity contribution in [1.29, 1.82) is 0 Å². The van der Waals surface area contributed by atoms with Crippen LogP contribution in [0.25, 0.3) is 0 Å². The van der Waals surface area contributed by atoms with Crippen molar-refractivity contribution < 1.29 is 4.79 Å². The maximum absolute atomic E-state index is 12.8. The summed E-state index contributed by atoms with van der Waals surface area (Å²) in [6.45, 7) is 7.24. The molecule has 1 fully saturated rings. The first-order valence-electron chi connectivity index (χ1n) is 9.48. The van der Waals surface area contributed by atoms with E-state index in [1.54, 1.807) is 17.2 Å². The van der Waals surface area contributed by atoms with E-state index in [-0.39, 0.29) is 5.91 Å². The molecule has 1 saturated heterocycles. The molecule has 1 aromatic carbocycles. The van der Waals surface area contributed by atoms with Crippen LogP contribution in [0.2, 0.25) is 5.02 Å². The number of halogens is 1. The van der Waals surface area contributed by atoms with Crippen LogP contribution in [0.15, 0.2) is 36.7 Å². The van der Waals surface area contributed by atoms with Crippen molar-refractivity contribution in [2.24, 2.45) is 0 Å². The Kier molecular flexibility index (Phi) is 5.44. The van der Waals surface area contributed by atoms with E-state index in [4.69, 9.17) is 11.6 Å². The van der Waals surface area contributed by atoms with Crippen molar-refractivity contribution in [3.63, 3.8) is 0 Å². The highest BCUT2D eigenvalue weighted by atomic mass is 35.5. The van der Waals surface area contributed by atoms with Crippen LogP contribution in [0.3, 0.4) is 0 Å². The lowest BCUT2D eigenvalue weighted by Gasteiger charge is -2.32. The van der Waals surface area contributed by atoms with Gasteiger partial charge in [0, 0.05) is 35.1 Å². The number of carbonyl (C=O) groups is 1. The van der Waals surface area contributed by atoms with Crippen molar-refractivity contribution in [3.8, 4) is 0 Å². The van der Waals surface area contributed by atoms with E-state index in [1.807, 2.05) is 30.3 Å². The third-order valence-electron chi connectivity index (χ3n) is 5.21. The fourth-order valence-corrected chi connectivity index (χ4v) is 5.12. The molecule has 4 nitrogen and oxygen atoms in total. The minimum absolute atomic E-state index is 0.0313. The van der Waals surface area contributed by atoms with Gasteiger partial charge < -0.3 is 4.90 Å². The van der Waals surface area contributed by atoms with Crippen LogP contribution in [0.1, 0.15) is 54.1 Å². The summed E-state index contributed by atoms with van der Waals surface area (Å²) in [5, 5.41) is 1.30. The Hall–Kier alpha value is -1.56. The zero-order valence-electron chi connectivity index (χ0n) is 15.7. The van der Waals surface area contributed by atoms with E-state index >= 15 is 0 Å². The van der Waals surface area contributed by atoms with Gasteiger partial charge in [0.05, 0.1) is 18.4 Å². The second-order valence-corrected chi connectivity index (χ2v) is 9.63. The second-order valence-electron chi connectivity index (χ2n) is 7.53. The van der Waals surface area contributed by atoms with Crippen LogP contribution in [0.5, 0.6) is 0 Å². The number of hydrogen-bond acceptors (Lipinski definition) is 4. The molecule has 0 unspecified atom stereocenters. The van der Waals surface area contributed by atoms with Crippen LogP contribution in [-0.4, -0.2) is 33.5 Å². The van der Waals surface area contributed by atoms with Gasteiger partial charge in [-0.05, 0) is 54.2 Å². The van der Waals surface area contributed by atoms with Crippen molar-refractivity contribution >= 4 is 35.1 Å². The molecule has 0 N–H and O–H groups in total. The molecule has 0 atom stereocenters. The lowest BCUT2D eigenvalue weighted by molar-refractivity contribution is 0.0996. The predicted octanol–water partition coefficient (Wildman–Crippen LogP) is 5.13. The van der Waals surface area contributed by atoms with Gasteiger partial charge in [0.2, 0.25) is 0 Å². The molecule has 0 aliphatic carbocycles. The topological polar surface area (TPSA) is 36.4 Å². The fourth-order valence-electron chi connectivity index (χ4n) is 3.91. The number of pyridine rings is 1. The normalized spacial score (nSPS) is 18.4. The lowest BCUT2D eigenvalue weighted by atomic mass is 9.91. The largest absolute Gasteiger partial charge is 0.302 e. The van der Waals surface area contributed by atoms with Crippen molar-refractivity contribution in [1.82, 2.24) is 9.29 Å². The number of piperidine rings is 1. The summed E-state index contributed by atoms with van der Waals surface area (Å²) >= 11 is 8.03. The molecule has 1 amide bonds. The number of carbonyl (C=O) groups excluding carboxylic acids is 1. The summed E-state index contributed by atoms with van der Waals surface area (Å²) in [5.74, 6) is 0.541. The van der Waals surface area contributed by atoms with Gasteiger partial charge in [-0.25, -0.2) is 0 Å². The number of benzene rings is 1. The van der Waals surface area contributed by atoms with Gasteiger partial charge in [0.15, 0.2) is 0 Å². The molecule has 0 spiro atoms. The van der Waals surface area contributed by atoms with Gasteiger partial charge >= 0.3 is 0 Å². The quantitative estimate of drug-likeness (QED) is 0.665. The van der Waals surface area contributed by atoms with Crippen LogP contribution in [-0.2, 0) is 6.54 Å². The molecular formula is C21H24ClN3OS. The smallest absolute Gasteiger partial charge is 0.258 e. The SMILES string of the molecule is CC(C)SN1CCC(c2cncc(N3Cc4cc(Cl)ccc4C3=O)c2)CC1. The van der Waals surface area contributed by atoms with E-state index in [9.17, 15) is 4.79 Å². The Morgan fingerprint density at radius 1 is 1.19 bits per heavy atom. The van der Waals surface area contributed by atoms with Gasteiger partial charge in [-0.3, -0.25) is 14.1 Å². The zero-order chi connectivity index (χ0) is 19.0. The van der Waals surface area contributed by atoms with E-state index in [1.165, 1.54) is 5.56 Å². The monoisotopic (exact) mass is 401 g/mol. The maximum atomic E-state index is 12.8. The van der Waals surface area contributed by atoms with Crippen molar-refractivity contribution in [2.75, 3.05) is 18.0 Å². The average Bonchev–Trinajstić information content (AvgIpc) is 2.98. The minimum Gasteiger partial charge on any atom is -0.302 e. The number of aromatic nitrogens is 1. The van der Waals surface area contributed by atoms with Crippen LogP contribution < -0.4 is 4.90 Å². The highest BCUT2D eigenvalue weighted by molar-refractivity contribution is 7.97. The Balaban J connectivity index is 1.49. The third kappa shape index (κ3) is 4.00. The van der Waals surface area contributed by atoms with E-state index in [2.05, 4.69) is 29.2 Å². The Morgan fingerprint density at radius 2 is 1.96 bits per heavy atom. The summed E-state index contributed by atoms with van der Waals surface area (Å²) < 4.78 is 2.48. The van der Waals surface area contributed by atoms with E-state index < -0.39 is 0 Å². The number of fused-ring (bicyclic) bond motifs is 1. The summed E-state index contributed by atoms with van der Waals surface area (Å²) in [6, 6.07) is 7.63. The first-order chi connectivity index (χ1) is 13.0. The Bertz CT molecular complexity index is 849. The molecule has 2 aliphatic heterocycles. The number of nitrogens with zero attached hydrogens (tertiary/aromatic N) is 3. The van der Waals surface area contributed by atoms with Gasteiger partial charge in [-0.15, -0.1) is 0 Å². The molecule has 1 aromatic heterocycles. The molecule has 2 aliphatic rings. The van der Waals surface area contributed by atoms with Crippen LogP contribution in [0.4, 0.5) is 5.69 Å². The fraction of sp³-hybridized carbons (Fsp3) is 0.429.